The number of anilines is 2. The number of nitrogens with two attached hydrogens (primary N) is 1. The largest absolute Gasteiger partial charge is 0.393 e. The first kappa shape index (κ1) is 13.6. The molecule has 1 unspecified atom stereocenters. The van der Waals surface area contributed by atoms with Crippen LogP contribution in [0.1, 0.15) is 19.8 Å². The van der Waals surface area contributed by atoms with Gasteiger partial charge in [0, 0.05) is 24.8 Å². The Morgan fingerprint density at radius 2 is 2.11 bits per heavy atom. The Hall–Kier alpha value is -1.82. The topological polar surface area (TPSA) is 92.6 Å². The van der Waals surface area contributed by atoms with E-state index in [-0.39, 0.29) is 17.5 Å². The molecule has 1 aliphatic rings. The highest BCUT2D eigenvalue weighted by Gasteiger charge is 2.23. The van der Waals surface area contributed by atoms with Crippen LogP contribution in [-0.2, 0) is 0 Å². The SMILES string of the molecule is CC(O)C1CCN(c2ccc([N+](=O)[O-])c(N)c2)CC1. The second-order valence-corrected chi connectivity index (χ2v) is 5.07. The number of nitro groups is 1. The van der Waals surface area contributed by atoms with Gasteiger partial charge in [-0.1, -0.05) is 0 Å². The van der Waals surface area contributed by atoms with Gasteiger partial charge in [-0.3, -0.25) is 10.1 Å². The van der Waals surface area contributed by atoms with E-state index >= 15 is 0 Å². The smallest absolute Gasteiger partial charge is 0.292 e. The van der Waals surface area contributed by atoms with Crippen LogP contribution in [0.5, 0.6) is 0 Å². The molecule has 19 heavy (non-hydrogen) atoms. The molecule has 2 rings (SSSR count). The van der Waals surface area contributed by atoms with Gasteiger partial charge in [0.2, 0.25) is 0 Å². The summed E-state index contributed by atoms with van der Waals surface area (Å²) in [4.78, 5) is 12.4. The van der Waals surface area contributed by atoms with Crippen LogP contribution in [0.2, 0.25) is 0 Å². The minimum Gasteiger partial charge on any atom is -0.393 e. The highest BCUT2D eigenvalue weighted by molar-refractivity contribution is 5.66. The lowest BCUT2D eigenvalue weighted by Crippen LogP contribution is -2.37. The van der Waals surface area contributed by atoms with Crippen molar-refractivity contribution in [2.24, 2.45) is 5.92 Å². The van der Waals surface area contributed by atoms with Crippen LogP contribution in [0.25, 0.3) is 0 Å². The molecular weight excluding hydrogens is 246 g/mol. The summed E-state index contributed by atoms with van der Waals surface area (Å²) in [7, 11) is 0. The summed E-state index contributed by atoms with van der Waals surface area (Å²) in [5.74, 6) is 0.339. The van der Waals surface area contributed by atoms with E-state index in [1.54, 1.807) is 12.1 Å². The van der Waals surface area contributed by atoms with E-state index in [2.05, 4.69) is 4.90 Å². The van der Waals surface area contributed by atoms with Gasteiger partial charge in [0.15, 0.2) is 0 Å². The molecule has 1 aliphatic heterocycles. The normalized spacial score (nSPS) is 18.3. The van der Waals surface area contributed by atoms with Crippen LogP contribution in [0.3, 0.4) is 0 Å². The van der Waals surface area contributed by atoms with Crippen molar-refractivity contribution in [2.45, 2.75) is 25.9 Å². The molecular formula is C13H19N3O3. The molecule has 0 saturated carbocycles. The van der Waals surface area contributed by atoms with E-state index in [1.807, 2.05) is 6.92 Å². The maximum Gasteiger partial charge on any atom is 0.292 e. The number of hydrogen-bond acceptors (Lipinski definition) is 5. The van der Waals surface area contributed by atoms with Gasteiger partial charge in [0.1, 0.15) is 5.69 Å². The highest BCUT2D eigenvalue weighted by Crippen LogP contribution is 2.30. The van der Waals surface area contributed by atoms with Crippen LogP contribution in [0, 0.1) is 16.0 Å². The molecule has 1 atom stereocenters. The number of benzene rings is 1. The number of aliphatic hydroxyl groups excluding tert-OH is 1. The van der Waals surface area contributed by atoms with Crippen LogP contribution >= 0.6 is 0 Å². The molecule has 1 aromatic carbocycles. The summed E-state index contributed by atoms with van der Waals surface area (Å²) in [6.45, 7) is 3.50. The molecule has 0 radical (unpaired) electrons. The Labute approximate surface area is 112 Å². The maximum atomic E-state index is 10.7. The molecule has 1 saturated heterocycles. The van der Waals surface area contributed by atoms with E-state index in [0.717, 1.165) is 31.6 Å². The average Bonchev–Trinajstić information content (AvgIpc) is 2.38. The first-order valence-corrected chi connectivity index (χ1v) is 6.46. The number of piperidine rings is 1. The fraction of sp³-hybridized carbons (Fsp3) is 0.538. The van der Waals surface area contributed by atoms with E-state index in [0.29, 0.717) is 5.92 Å². The van der Waals surface area contributed by atoms with Gasteiger partial charge in [-0.2, -0.15) is 0 Å². The molecule has 0 amide bonds. The van der Waals surface area contributed by atoms with Crippen LogP contribution in [-0.4, -0.2) is 29.2 Å². The summed E-state index contributed by atoms with van der Waals surface area (Å²) < 4.78 is 0. The van der Waals surface area contributed by atoms with E-state index in [4.69, 9.17) is 5.73 Å². The van der Waals surface area contributed by atoms with Crippen molar-refractivity contribution in [1.29, 1.82) is 0 Å². The molecule has 104 valence electrons. The van der Waals surface area contributed by atoms with Gasteiger partial charge >= 0.3 is 0 Å². The predicted molar refractivity (Wildman–Crippen MR) is 74.1 cm³/mol. The van der Waals surface area contributed by atoms with Crippen molar-refractivity contribution < 1.29 is 10.0 Å². The van der Waals surface area contributed by atoms with Crippen LogP contribution in [0.4, 0.5) is 17.1 Å². The van der Waals surface area contributed by atoms with Crippen molar-refractivity contribution in [3.05, 3.63) is 28.3 Å². The zero-order valence-electron chi connectivity index (χ0n) is 11.0. The zero-order valence-corrected chi connectivity index (χ0v) is 11.0. The fourth-order valence-electron chi connectivity index (χ4n) is 2.54. The minimum absolute atomic E-state index is 0.0531. The molecule has 0 bridgehead atoms. The second-order valence-electron chi connectivity index (χ2n) is 5.07. The van der Waals surface area contributed by atoms with Crippen molar-refractivity contribution in [3.63, 3.8) is 0 Å². The number of hydrogen-bond donors (Lipinski definition) is 2. The van der Waals surface area contributed by atoms with Crippen molar-refractivity contribution in [1.82, 2.24) is 0 Å². The summed E-state index contributed by atoms with van der Waals surface area (Å²) >= 11 is 0. The molecule has 3 N–H and O–H groups in total. The number of nitro benzene ring substituents is 1. The summed E-state index contributed by atoms with van der Waals surface area (Å²) in [6.07, 6.45) is 1.58. The number of aliphatic hydroxyl groups is 1. The third-order valence-electron chi connectivity index (χ3n) is 3.79. The van der Waals surface area contributed by atoms with Gasteiger partial charge in [-0.25, -0.2) is 0 Å². The maximum absolute atomic E-state index is 10.7. The van der Waals surface area contributed by atoms with Crippen molar-refractivity contribution in [2.75, 3.05) is 23.7 Å². The van der Waals surface area contributed by atoms with E-state index in [9.17, 15) is 15.2 Å². The standard InChI is InChI=1S/C13H19N3O3/c1-9(17)10-4-6-15(7-5-10)11-2-3-13(16(18)19)12(14)8-11/h2-3,8-10,17H,4-7,14H2,1H3. The van der Waals surface area contributed by atoms with E-state index < -0.39 is 4.92 Å². The summed E-state index contributed by atoms with van der Waals surface area (Å²) in [5.41, 5.74) is 6.75. The third-order valence-corrected chi connectivity index (χ3v) is 3.79. The lowest BCUT2D eigenvalue weighted by atomic mass is 9.92. The summed E-state index contributed by atoms with van der Waals surface area (Å²) in [5, 5.41) is 20.3. The molecule has 1 heterocycles. The zero-order chi connectivity index (χ0) is 14.0. The summed E-state index contributed by atoms with van der Waals surface area (Å²) in [6, 6.07) is 4.84. The molecule has 6 nitrogen and oxygen atoms in total. The van der Waals surface area contributed by atoms with Crippen molar-refractivity contribution in [3.8, 4) is 0 Å². The molecule has 1 aromatic rings. The minimum atomic E-state index is -0.473. The number of nitrogens with zero attached hydrogens (tertiary/aromatic N) is 2. The highest BCUT2D eigenvalue weighted by atomic mass is 16.6. The molecule has 0 aromatic heterocycles. The second kappa shape index (κ2) is 5.44. The Morgan fingerprint density at radius 3 is 2.58 bits per heavy atom. The lowest BCUT2D eigenvalue weighted by molar-refractivity contribution is -0.383. The Kier molecular flexibility index (Phi) is 3.90. The van der Waals surface area contributed by atoms with Gasteiger partial charge < -0.3 is 15.7 Å². The van der Waals surface area contributed by atoms with E-state index in [1.165, 1.54) is 6.07 Å². The van der Waals surface area contributed by atoms with Crippen LogP contribution < -0.4 is 10.6 Å². The Bertz CT molecular complexity index is 468. The monoisotopic (exact) mass is 265 g/mol. The fourth-order valence-corrected chi connectivity index (χ4v) is 2.54. The molecule has 1 fully saturated rings. The first-order valence-electron chi connectivity index (χ1n) is 6.46. The first-order chi connectivity index (χ1) is 8.99. The molecule has 6 heteroatoms. The predicted octanol–water partition coefficient (Wildman–Crippen LogP) is 1.77. The molecule has 0 spiro atoms. The quantitative estimate of drug-likeness (QED) is 0.493. The average molecular weight is 265 g/mol. The van der Waals surface area contributed by atoms with Gasteiger partial charge in [-0.15, -0.1) is 0 Å². The third kappa shape index (κ3) is 2.96. The van der Waals surface area contributed by atoms with Gasteiger partial charge in [0.25, 0.3) is 5.69 Å². The van der Waals surface area contributed by atoms with Crippen LogP contribution in [0.15, 0.2) is 18.2 Å². The number of rotatable bonds is 3. The Balaban J connectivity index is 2.08. The van der Waals surface area contributed by atoms with Gasteiger partial charge in [-0.05, 0) is 37.8 Å². The van der Waals surface area contributed by atoms with Gasteiger partial charge in [0.05, 0.1) is 11.0 Å². The van der Waals surface area contributed by atoms with Crippen molar-refractivity contribution >= 4 is 17.1 Å². The molecule has 0 aliphatic carbocycles. The number of nitrogen functional groups attached to an aromatic ring is 1. The lowest BCUT2D eigenvalue weighted by Gasteiger charge is -2.34. The Morgan fingerprint density at radius 1 is 1.47 bits per heavy atom.